The van der Waals surface area contributed by atoms with E-state index in [9.17, 15) is 9.59 Å². The molecule has 1 aromatic carbocycles. The van der Waals surface area contributed by atoms with E-state index in [0.29, 0.717) is 27.9 Å². The van der Waals surface area contributed by atoms with Crippen LogP contribution in [-0.2, 0) is 17.8 Å². The number of rotatable bonds is 5. The number of anilines is 1. The molecular weight excluding hydrogens is 424 g/mol. The molecule has 0 fully saturated rings. The smallest absolute Gasteiger partial charge is 0.284 e. The molecule has 0 bridgehead atoms. The van der Waals surface area contributed by atoms with Gasteiger partial charge in [-0.05, 0) is 43.5 Å². The number of hydrogen-bond acceptors (Lipinski definition) is 6. The van der Waals surface area contributed by atoms with Crippen LogP contribution in [0.1, 0.15) is 25.0 Å². The molecule has 0 aliphatic carbocycles. The summed E-state index contributed by atoms with van der Waals surface area (Å²) in [4.78, 5) is 34.5. The first kappa shape index (κ1) is 20.4. The van der Waals surface area contributed by atoms with Crippen molar-refractivity contribution in [2.45, 2.75) is 37.4 Å². The topological polar surface area (TPSA) is 94.7 Å². The van der Waals surface area contributed by atoms with E-state index in [1.807, 2.05) is 30.3 Å². The highest BCUT2D eigenvalue weighted by Gasteiger charge is 2.27. The number of para-hydroxylation sites is 1. The molecule has 0 saturated heterocycles. The predicted molar refractivity (Wildman–Crippen MR) is 123 cm³/mol. The number of hydrogen-bond donors (Lipinski definition) is 1. The number of carbonyl (C=O) groups excluding carboxylic acids is 1. The van der Waals surface area contributed by atoms with Crippen LogP contribution >= 0.6 is 11.8 Å². The number of carbonyl (C=O) groups is 1. The van der Waals surface area contributed by atoms with Crippen LogP contribution in [0.25, 0.3) is 17.1 Å². The van der Waals surface area contributed by atoms with E-state index >= 15 is 0 Å². The number of aromatic nitrogens is 5. The Kier molecular flexibility index (Phi) is 5.72. The number of thioether (sulfide) groups is 1. The van der Waals surface area contributed by atoms with Crippen molar-refractivity contribution in [1.82, 2.24) is 24.3 Å². The highest BCUT2D eigenvalue weighted by Crippen LogP contribution is 2.30. The molecule has 0 saturated carbocycles. The van der Waals surface area contributed by atoms with E-state index in [2.05, 4.69) is 20.0 Å². The van der Waals surface area contributed by atoms with Crippen molar-refractivity contribution in [2.24, 2.45) is 0 Å². The SMILES string of the molecule is O=C(CSc1nc2nn(-c3ccccc3)c(=O)c-2c2n1CCCCC2)Nc1cccnc1. The number of benzene rings is 1. The lowest BCUT2D eigenvalue weighted by molar-refractivity contribution is -0.113. The first-order valence-electron chi connectivity index (χ1n) is 10.6. The fourth-order valence-corrected chi connectivity index (χ4v) is 4.81. The molecule has 0 spiro atoms. The van der Waals surface area contributed by atoms with E-state index in [1.54, 1.807) is 24.5 Å². The standard InChI is InChI=1S/C23H22N6O2S/c30-19(25-16-8-7-12-24-14-16)15-32-23-26-21-20(18-11-5-2-6-13-28(18)23)22(31)29(27-21)17-9-3-1-4-10-17/h1,3-4,7-10,12,14H,2,5-6,11,13,15H2,(H,25,30). The number of nitrogens with one attached hydrogen (secondary N) is 1. The summed E-state index contributed by atoms with van der Waals surface area (Å²) in [5.41, 5.74) is 2.78. The Morgan fingerprint density at radius 1 is 1.09 bits per heavy atom. The van der Waals surface area contributed by atoms with Crippen LogP contribution in [-0.4, -0.2) is 36.0 Å². The minimum absolute atomic E-state index is 0.132. The summed E-state index contributed by atoms with van der Waals surface area (Å²) >= 11 is 1.37. The molecular formula is C23H22N6O2S. The van der Waals surface area contributed by atoms with Crippen LogP contribution in [0, 0.1) is 0 Å². The zero-order chi connectivity index (χ0) is 21.9. The van der Waals surface area contributed by atoms with Gasteiger partial charge in [-0.1, -0.05) is 36.4 Å². The molecule has 0 radical (unpaired) electrons. The van der Waals surface area contributed by atoms with Gasteiger partial charge in [0.1, 0.15) is 5.56 Å². The molecule has 3 aliphatic heterocycles. The molecule has 8 nitrogen and oxygen atoms in total. The number of pyridine rings is 1. The van der Waals surface area contributed by atoms with Gasteiger partial charge in [-0.15, -0.1) is 5.10 Å². The Bertz CT molecular complexity index is 1270. The van der Waals surface area contributed by atoms with Crippen LogP contribution < -0.4 is 10.9 Å². The maximum atomic E-state index is 13.3. The van der Waals surface area contributed by atoms with E-state index in [4.69, 9.17) is 4.98 Å². The first-order valence-corrected chi connectivity index (χ1v) is 11.6. The number of amides is 1. The van der Waals surface area contributed by atoms with Gasteiger partial charge in [0.15, 0.2) is 11.0 Å². The quantitative estimate of drug-likeness (QED) is 0.373. The van der Waals surface area contributed by atoms with E-state index in [-0.39, 0.29) is 17.2 Å². The van der Waals surface area contributed by atoms with Crippen molar-refractivity contribution in [3.63, 3.8) is 0 Å². The van der Waals surface area contributed by atoms with Gasteiger partial charge < -0.3 is 9.88 Å². The molecule has 4 heterocycles. The zero-order valence-corrected chi connectivity index (χ0v) is 18.2. The summed E-state index contributed by atoms with van der Waals surface area (Å²) in [5, 5.41) is 8.10. The summed E-state index contributed by atoms with van der Waals surface area (Å²) < 4.78 is 3.53. The van der Waals surface area contributed by atoms with Gasteiger partial charge in [-0.3, -0.25) is 14.6 Å². The average Bonchev–Trinajstić information content (AvgIpc) is 2.98. The molecule has 2 aromatic rings. The molecule has 0 unspecified atom stereocenters. The second-order valence-electron chi connectivity index (χ2n) is 7.63. The average molecular weight is 447 g/mol. The van der Waals surface area contributed by atoms with Crippen molar-refractivity contribution in [3.8, 4) is 17.1 Å². The van der Waals surface area contributed by atoms with Crippen molar-refractivity contribution in [1.29, 1.82) is 0 Å². The lowest BCUT2D eigenvalue weighted by Gasteiger charge is -2.17. The third-order valence-corrected chi connectivity index (χ3v) is 6.42. The third kappa shape index (κ3) is 4.03. The minimum Gasteiger partial charge on any atom is -0.324 e. The fraction of sp³-hybridized carbons (Fsp3) is 0.261. The lowest BCUT2D eigenvalue weighted by atomic mass is 10.1. The molecule has 5 rings (SSSR count). The normalized spacial score (nSPS) is 13.5. The van der Waals surface area contributed by atoms with Crippen molar-refractivity contribution in [3.05, 3.63) is 70.9 Å². The van der Waals surface area contributed by atoms with Crippen molar-refractivity contribution >= 4 is 23.4 Å². The highest BCUT2D eigenvalue weighted by atomic mass is 32.2. The van der Waals surface area contributed by atoms with E-state index in [1.165, 1.54) is 16.4 Å². The van der Waals surface area contributed by atoms with Gasteiger partial charge in [0.05, 0.1) is 23.3 Å². The van der Waals surface area contributed by atoms with Crippen molar-refractivity contribution < 1.29 is 4.79 Å². The van der Waals surface area contributed by atoms with E-state index < -0.39 is 0 Å². The second kappa shape index (κ2) is 8.96. The zero-order valence-electron chi connectivity index (χ0n) is 17.4. The van der Waals surface area contributed by atoms with Gasteiger partial charge in [0.2, 0.25) is 5.91 Å². The number of nitrogens with zero attached hydrogens (tertiary/aromatic N) is 5. The molecule has 32 heavy (non-hydrogen) atoms. The Morgan fingerprint density at radius 3 is 2.78 bits per heavy atom. The van der Waals surface area contributed by atoms with Crippen LogP contribution in [0.4, 0.5) is 5.69 Å². The Labute approximate surface area is 189 Å². The summed E-state index contributed by atoms with van der Waals surface area (Å²) in [6.45, 7) is 0.779. The highest BCUT2D eigenvalue weighted by molar-refractivity contribution is 7.99. The first-order chi connectivity index (χ1) is 15.7. The molecule has 3 aliphatic rings. The maximum absolute atomic E-state index is 13.3. The van der Waals surface area contributed by atoms with Crippen LogP contribution in [0.15, 0.2) is 64.8 Å². The summed E-state index contributed by atoms with van der Waals surface area (Å²) in [6.07, 6.45) is 7.19. The van der Waals surface area contributed by atoms with Gasteiger partial charge in [0.25, 0.3) is 5.56 Å². The molecule has 1 amide bonds. The third-order valence-electron chi connectivity index (χ3n) is 5.45. The summed E-state index contributed by atoms with van der Waals surface area (Å²) in [5.74, 6) is 0.505. The Hall–Kier alpha value is -3.46. The lowest BCUT2D eigenvalue weighted by Crippen LogP contribution is -2.20. The monoisotopic (exact) mass is 446 g/mol. The maximum Gasteiger partial charge on any atom is 0.284 e. The van der Waals surface area contributed by atoms with Crippen molar-refractivity contribution in [2.75, 3.05) is 11.1 Å². The fourth-order valence-electron chi connectivity index (χ4n) is 3.97. The van der Waals surface area contributed by atoms with Crippen LogP contribution in [0.2, 0.25) is 0 Å². The number of fused-ring (bicyclic) bond motifs is 3. The van der Waals surface area contributed by atoms with E-state index in [0.717, 1.165) is 37.9 Å². The Morgan fingerprint density at radius 2 is 1.97 bits per heavy atom. The molecule has 1 N–H and O–H groups in total. The second-order valence-corrected chi connectivity index (χ2v) is 8.58. The summed E-state index contributed by atoms with van der Waals surface area (Å²) in [6, 6.07) is 13.0. The van der Waals surface area contributed by atoms with Crippen LogP contribution in [0.5, 0.6) is 0 Å². The van der Waals surface area contributed by atoms with Gasteiger partial charge in [0, 0.05) is 18.4 Å². The van der Waals surface area contributed by atoms with Gasteiger partial charge in [-0.25, -0.2) is 4.98 Å². The van der Waals surface area contributed by atoms with Gasteiger partial charge >= 0.3 is 0 Å². The minimum atomic E-state index is -0.143. The predicted octanol–water partition coefficient (Wildman–Crippen LogP) is 3.39. The van der Waals surface area contributed by atoms with Gasteiger partial charge in [-0.2, -0.15) is 4.68 Å². The molecule has 162 valence electrons. The van der Waals surface area contributed by atoms with Crippen LogP contribution in [0.3, 0.4) is 0 Å². The summed E-state index contributed by atoms with van der Waals surface area (Å²) in [7, 11) is 0. The largest absolute Gasteiger partial charge is 0.324 e. The molecule has 1 aromatic heterocycles. The molecule has 9 heteroatoms. The Balaban J connectivity index is 1.50. The molecule has 0 atom stereocenters.